The van der Waals surface area contributed by atoms with Gasteiger partial charge in [-0.05, 0) is 39.8 Å². The van der Waals surface area contributed by atoms with Crippen molar-refractivity contribution in [2.75, 3.05) is 44.3 Å². The summed E-state index contributed by atoms with van der Waals surface area (Å²) in [6.45, 7) is 8.73. The third-order valence-corrected chi connectivity index (χ3v) is 5.49. The van der Waals surface area contributed by atoms with Crippen molar-refractivity contribution in [1.82, 2.24) is 10.2 Å². The lowest BCUT2D eigenvalue weighted by molar-refractivity contribution is -0.150. The van der Waals surface area contributed by atoms with Crippen molar-refractivity contribution in [2.45, 2.75) is 39.2 Å². The Hall–Kier alpha value is -0.660. The second-order valence-corrected chi connectivity index (χ2v) is 7.98. The molecule has 1 unspecified atom stereocenters. The Balaban J connectivity index is 2.42. The van der Waals surface area contributed by atoms with Crippen LogP contribution in [0.2, 0.25) is 0 Å². The molecule has 0 amide bonds. The molecule has 0 aliphatic carbocycles. The van der Waals surface area contributed by atoms with Gasteiger partial charge in [0.1, 0.15) is 5.54 Å². The monoisotopic (exact) mass is 320 g/mol. The minimum atomic E-state index is -2.83. The summed E-state index contributed by atoms with van der Waals surface area (Å²) >= 11 is 0. The van der Waals surface area contributed by atoms with Crippen molar-refractivity contribution in [3.8, 4) is 0 Å². The first-order chi connectivity index (χ1) is 9.83. The van der Waals surface area contributed by atoms with Crippen LogP contribution in [0.15, 0.2) is 0 Å². The summed E-state index contributed by atoms with van der Waals surface area (Å²) in [7, 11) is -2.83. The van der Waals surface area contributed by atoms with Crippen molar-refractivity contribution in [1.29, 1.82) is 0 Å². The number of ether oxygens (including phenoxy) is 1. The van der Waals surface area contributed by atoms with E-state index in [0.717, 1.165) is 13.0 Å². The summed E-state index contributed by atoms with van der Waals surface area (Å²) in [6, 6.07) is 0. The number of carbonyl (C=O) groups is 1. The molecule has 6 nitrogen and oxygen atoms in total. The molecule has 0 radical (unpaired) electrons. The Morgan fingerprint density at radius 2 is 1.90 bits per heavy atom. The average molecular weight is 320 g/mol. The molecule has 0 aromatic heterocycles. The number of hydrogen-bond acceptors (Lipinski definition) is 6. The van der Waals surface area contributed by atoms with Gasteiger partial charge in [-0.3, -0.25) is 4.79 Å². The summed E-state index contributed by atoms with van der Waals surface area (Å²) < 4.78 is 27.9. The Labute approximate surface area is 128 Å². The topological polar surface area (TPSA) is 75.7 Å². The third kappa shape index (κ3) is 5.92. The van der Waals surface area contributed by atoms with Gasteiger partial charge in [-0.25, -0.2) is 8.42 Å². The minimum absolute atomic E-state index is 0.215. The lowest BCUT2D eigenvalue weighted by Gasteiger charge is -2.30. The first-order valence-corrected chi connectivity index (χ1v) is 9.50. The summed E-state index contributed by atoms with van der Waals surface area (Å²) in [4.78, 5) is 14.2. The van der Waals surface area contributed by atoms with Gasteiger partial charge < -0.3 is 15.0 Å². The lowest BCUT2D eigenvalue weighted by Crippen LogP contribution is -2.51. The van der Waals surface area contributed by atoms with Gasteiger partial charge in [0.25, 0.3) is 0 Å². The zero-order valence-electron chi connectivity index (χ0n) is 13.4. The van der Waals surface area contributed by atoms with E-state index in [4.69, 9.17) is 4.74 Å². The van der Waals surface area contributed by atoms with E-state index < -0.39 is 15.4 Å². The molecule has 124 valence electrons. The summed E-state index contributed by atoms with van der Waals surface area (Å²) in [5.74, 6) is 0.276. The van der Waals surface area contributed by atoms with Crippen LogP contribution in [0.1, 0.15) is 33.6 Å². The molecule has 1 saturated heterocycles. The summed E-state index contributed by atoms with van der Waals surface area (Å²) in [5, 5.41) is 3.21. The highest BCUT2D eigenvalue weighted by Gasteiger charge is 2.33. The fourth-order valence-corrected chi connectivity index (χ4v) is 3.85. The molecule has 0 saturated carbocycles. The molecule has 1 rings (SSSR count). The molecule has 1 atom stereocenters. The molecule has 1 fully saturated rings. The first kappa shape index (κ1) is 18.4. The van der Waals surface area contributed by atoms with Gasteiger partial charge >= 0.3 is 5.97 Å². The average Bonchev–Trinajstić information content (AvgIpc) is 2.41. The number of sulfone groups is 1. The van der Waals surface area contributed by atoms with Crippen LogP contribution in [0.3, 0.4) is 0 Å². The Bertz CT molecular complexity index is 424. The van der Waals surface area contributed by atoms with Crippen LogP contribution in [0.4, 0.5) is 0 Å². The van der Waals surface area contributed by atoms with Crippen molar-refractivity contribution in [3.63, 3.8) is 0 Å². The zero-order chi connectivity index (χ0) is 15.9. The third-order valence-electron chi connectivity index (χ3n) is 3.88. The maximum Gasteiger partial charge on any atom is 0.326 e. The molecule has 1 heterocycles. The van der Waals surface area contributed by atoms with Crippen molar-refractivity contribution < 1.29 is 17.9 Å². The number of likely N-dealkylation sites (N-methyl/N-ethyl adjacent to an activating group) is 1. The maximum atomic E-state index is 12.0. The van der Waals surface area contributed by atoms with Crippen molar-refractivity contribution in [3.05, 3.63) is 0 Å². The molecular formula is C14H28N2O4S. The van der Waals surface area contributed by atoms with Crippen LogP contribution in [0.5, 0.6) is 0 Å². The number of esters is 1. The SMILES string of the molecule is CCNC(C)(CCCN1CCS(=O)(=O)CC1)C(=O)OCC. The largest absolute Gasteiger partial charge is 0.465 e. The zero-order valence-corrected chi connectivity index (χ0v) is 14.2. The standard InChI is InChI=1S/C14H28N2O4S/c1-4-15-14(3,13(17)20-5-2)7-6-8-16-9-11-21(18,19)12-10-16/h15H,4-12H2,1-3H3. The molecule has 0 aromatic carbocycles. The summed E-state index contributed by atoms with van der Waals surface area (Å²) in [6.07, 6.45) is 1.52. The van der Waals surface area contributed by atoms with E-state index >= 15 is 0 Å². The molecule has 1 N–H and O–H groups in total. The van der Waals surface area contributed by atoms with E-state index in [1.54, 1.807) is 6.92 Å². The van der Waals surface area contributed by atoms with Crippen LogP contribution in [0, 0.1) is 0 Å². The smallest absolute Gasteiger partial charge is 0.326 e. The van der Waals surface area contributed by atoms with Crippen molar-refractivity contribution >= 4 is 15.8 Å². The predicted molar refractivity (Wildman–Crippen MR) is 83.0 cm³/mol. The van der Waals surface area contributed by atoms with E-state index in [1.165, 1.54) is 0 Å². The summed E-state index contributed by atoms with van der Waals surface area (Å²) in [5.41, 5.74) is -0.660. The highest BCUT2D eigenvalue weighted by molar-refractivity contribution is 7.91. The maximum absolute atomic E-state index is 12.0. The van der Waals surface area contributed by atoms with E-state index in [0.29, 0.717) is 32.7 Å². The number of nitrogens with one attached hydrogen (secondary N) is 1. The molecule has 7 heteroatoms. The van der Waals surface area contributed by atoms with Crippen LogP contribution < -0.4 is 5.32 Å². The fourth-order valence-electron chi connectivity index (χ4n) is 2.57. The first-order valence-electron chi connectivity index (χ1n) is 7.68. The minimum Gasteiger partial charge on any atom is -0.465 e. The Kier molecular flexibility index (Phi) is 7.09. The molecule has 1 aliphatic rings. The number of hydrogen-bond donors (Lipinski definition) is 1. The Morgan fingerprint density at radius 1 is 1.29 bits per heavy atom. The number of carbonyl (C=O) groups excluding carboxylic acids is 1. The molecule has 0 aromatic rings. The lowest BCUT2D eigenvalue weighted by atomic mass is 9.95. The van der Waals surface area contributed by atoms with Gasteiger partial charge in [0, 0.05) is 13.1 Å². The van der Waals surface area contributed by atoms with Crippen LogP contribution >= 0.6 is 0 Å². The van der Waals surface area contributed by atoms with Gasteiger partial charge in [0.15, 0.2) is 9.84 Å². The second-order valence-electron chi connectivity index (χ2n) is 5.68. The normalized spacial score (nSPS) is 21.7. The predicted octanol–water partition coefficient (Wildman–Crippen LogP) is 0.428. The van der Waals surface area contributed by atoms with Gasteiger partial charge in [-0.15, -0.1) is 0 Å². The fraction of sp³-hybridized carbons (Fsp3) is 0.929. The molecular weight excluding hydrogens is 292 g/mol. The molecule has 0 spiro atoms. The van der Waals surface area contributed by atoms with Gasteiger partial charge in [-0.2, -0.15) is 0 Å². The van der Waals surface area contributed by atoms with Crippen LogP contribution in [0.25, 0.3) is 0 Å². The van der Waals surface area contributed by atoms with Gasteiger partial charge in [0.2, 0.25) is 0 Å². The second kappa shape index (κ2) is 8.10. The van der Waals surface area contributed by atoms with Crippen LogP contribution in [-0.2, 0) is 19.4 Å². The highest BCUT2D eigenvalue weighted by Crippen LogP contribution is 2.16. The number of nitrogens with zero attached hydrogens (tertiary/aromatic N) is 1. The van der Waals surface area contributed by atoms with Gasteiger partial charge in [-0.1, -0.05) is 6.92 Å². The van der Waals surface area contributed by atoms with E-state index in [9.17, 15) is 13.2 Å². The molecule has 21 heavy (non-hydrogen) atoms. The van der Waals surface area contributed by atoms with E-state index in [2.05, 4.69) is 10.2 Å². The molecule has 1 aliphatic heterocycles. The highest BCUT2D eigenvalue weighted by atomic mass is 32.2. The Morgan fingerprint density at radius 3 is 2.43 bits per heavy atom. The number of rotatable bonds is 8. The van der Waals surface area contributed by atoms with Gasteiger partial charge in [0.05, 0.1) is 18.1 Å². The molecule has 0 bridgehead atoms. The quantitative estimate of drug-likeness (QED) is 0.654. The van der Waals surface area contributed by atoms with E-state index in [-0.39, 0.29) is 17.5 Å². The van der Waals surface area contributed by atoms with E-state index in [1.807, 2.05) is 13.8 Å². The van der Waals surface area contributed by atoms with Crippen LogP contribution in [-0.4, -0.2) is 69.1 Å². The van der Waals surface area contributed by atoms with Crippen molar-refractivity contribution in [2.24, 2.45) is 0 Å².